The number of allylic oxidation sites excluding steroid dienone is 1. The van der Waals surface area contributed by atoms with Gasteiger partial charge in [0.1, 0.15) is 11.9 Å². The van der Waals surface area contributed by atoms with Crippen molar-refractivity contribution in [3.05, 3.63) is 71.0 Å². The van der Waals surface area contributed by atoms with Crippen LogP contribution in [0.2, 0.25) is 0 Å². The highest BCUT2D eigenvalue weighted by Gasteiger charge is 2.37. The number of ether oxygens (including phenoxy) is 1. The maximum absolute atomic E-state index is 12.5. The Bertz CT molecular complexity index is 768. The number of esters is 1. The van der Waals surface area contributed by atoms with Crippen LogP contribution >= 0.6 is 0 Å². The Labute approximate surface area is 163 Å². The van der Waals surface area contributed by atoms with Crippen molar-refractivity contribution in [1.29, 1.82) is 0 Å². The average molecular weight is 369 g/mol. The summed E-state index contributed by atoms with van der Waals surface area (Å²) in [6.45, 7) is 16.4. The fourth-order valence-corrected chi connectivity index (χ4v) is 3.40. The highest BCUT2D eigenvalue weighted by molar-refractivity contribution is 5.71. The van der Waals surface area contributed by atoms with Gasteiger partial charge in [-0.15, -0.1) is 0 Å². The number of rotatable bonds is 4. The van der Waals surface area contributed by atoms with Crippen LogP contribution in [0.5, 0.6) is 0 Å². The summed E-state index contributed by atoms with van der Waals surface area (Å²) < 4.78 is 5.76. The second-order valence-electron chi connectivity index (χ2n) is 9.23. The lowest BCUT2D eigenvalue weighted by Gasteiger charge is -2.36. The lowest BCUT2D eigenvalue weighted by Crippen LogP contribution is -2.31. The van der Waals surface area contributed by atoms with Gasteiger partial charge >= 0.3 is 5.97 Å². The maximum atomic E-state index is 12.5. The zero-order valence-electron chi connectivity index (χ0n) is 17.4. The molecule has 146 valence electrons. The van der Waals surface area contributed by atoms with E-state index in [2.05, 4.69) is 6.58 Å². The topological polar surface area (TPSA) is 46.5 Å². The second-order valence-corrected chi connectivity index (χ2v) is 9.23. The minimum atomic E-state index is -0.548. The van der Waals surface area contributed by atoms with E-state index in [0.29, 0.717) is 18.4 Å². The van der Waals surface area contributed by atoms with E-state index in [4.69, 9.17) is 4.74 Å². The van der Waals surface area contributed by atoms with Gasteiger partial charge in [-0.25, -0.2) is 0 Å². The Hall–Kier alpha value is -2.29. The van der Waals surface area contributed by atoms with Crippen LogP contribution < -0.4 is 0 Å². The summed E-state index contributed by atoms with van der Waals surface area (Å²) in [4.78, 5) is 12.5. The van der Waals surface area contributed by atoms with Crippen molar-refractivity contribution in [2.75, 3.05) is 0 Å². The lowest BCUT2D eigenvalue weighted by molar-refractivity contribution is -0.145. The molecule has 0 saturated heterocycles. The van der Waals surface area contributed by atoms with E-state index in [9.17, 15) is 9.90 Å². The van der Waals surface area contributed by atoms with Crippen LogP contribution in [0.25, 0.3) is 0 Å². The first-order valence-electron chi connectivity index (χ1n) is 9.50. The molecule has 0 aromatic heterocycles. The molecular weight excluding hydrogens is 336 g/mol. The smallest absolute Gasteiger partial charge is 0.307 e. The standard InChI is InChI=1S/C24H32O3/c1-16-19(27-20(25)14-13-17-11-9-8-10-12-17)15-18(23(2,3)4)22(26)21(16)24(5,6)7/h8-12,15,19,26H,1,13-14H2,2-7H3. The summed E-state index contributed by atoms with van der Waals surface area (Å²) in [5, 5.41) is 10.9. The Morgan fingerprint density at radius 2 is 1.67 bits per heavy atom. The van der Waals surface area contributed by atoms with E-state index in [1.54, 1.807) is 0 Å². The molecule has 0 heterocycles. The first kappa shape index (κ1) is 21.0. The third kappa shape index (κ3) is 5.12. The zero-order valence-corrected chi connectivity index (χ0v) is 17.4. The predicted molar refractivity (Wildman–Crippen MR) is 110 cm³/mol. The quantitative estimate of drug-likeness (QED) is 0.670. The van der Waals surface area contributed by atoms with Gasteiger partial charge in [0, 0.05) is 12.0 Å². The molecule has 1 aliphatic carbocycles. The number of carbonyl (C=O) groups excluding carboxylic acids is 1. The van der Waals surface area contributed by atoms with E-state index < -0.39 is 6.10 Å². The van der Waals surface area contributed by atoms with Gasteiger partial charge < -0.3 is 9.84 Å². The summed E-state index contributed by atoms with van der Waals surface area (Å²) in [5.74, 6) is 0.000691. The van der Waals surface area contributed by atoms with Crippen LogP contribution in [0.1, 0.15) is 53.5 Å². The molecule has 0 spiro atoms. The summed E-state index contributed by atoms with van der Waals surface area (Å²) >= 11 is 0. The van der Waals surface area contributed by atoms with E-state index in [1.807, 2.05) is 78.0 Å². The van der Waals surface area contributed by atoms with Crippen molar-refractivity contribution < 1.29 is 14.6 Å². The molecule has 1 aromatic rings. The number of benzene rings is 1. The molecule has 1 atom stereocenters. The number of aliphatic hydroxyl groups is 1. The summed E-state index contributed by atoms with van der Waals surface area (Å²) in [6, 6.07) is 9.89. The molecule has 0 fully saturated rings. The third-order valence-electron chi connectivity index (χ3n) is 4.75. The van der Waals surface area contributed by atoms with Gasteiger partial charge in [0.05, 0.1) is 0 Å². The Balaban J connectivity index is 2.22. The van der Waals surface area contributed by atoms with Gasteiger partial charge in [-0.2, -0.15) is 0 Å². The van der Waals surface area contributed by atoms with Crippen molar-refractivity contribution in [2.45, 2.75) is 60.5 Å². The van der Waals surface area contributed by atoms with Crippen molar-refractivity contribution in [1.82, 2.24) is 0 Å². The van der Waals surface area contributed by atoms with E-state index in [-0.39, 0.29) is 22.6 Å². The summed E-state index contributed by atoms with van der Waals surface area (Å²) in [6.07, 6.45) is 2.25. The molecule has 0 amide bonds. The Morgan fingerprint density at radius 1 is 1.07 bits per heavy atom. The van der Waals surface area contributed by atoms with Crippen molar-refractivity contribution in [3.8, 4) is 0 Å². The molecule has 3 nitrogen and oxygen atoms in total. The third-order valence-corrected chi connectivity index (χ3v) is 4.75. The number of hydrogen-bond donors (Lipinski definition) is 1. The second kappa shape index (κ2) is 7.75. The molecule has 0 radical (unpaired) electrons. The van der Waals surface area contributed by atoms with Crippen LogP contribution in [-0.4, -0.2) is 17.2 Å². The van der Waals surface area contributed by atoms with Gasteiger partial charge in [-0.05, 0) is 40.0 Å². The van der Waals surface area contributed by atoms with E-state index in [0.717, 1.165) is 16.7 Å². The van der Waals surface area contributed by atoms with Crippen LogP contribution in [0.4, 0.5) is 0 Å². The molecule has 0 bridgehead atoms. The molecule has 1 unspecified atom stereocenters. The van der Waals surface area contributed by atoms with Gasteiger partial charge in [0.15, 0.2) is 0 Å². The van der Waals surface area contributed by atoms with Gasteiger partial charge in [-0.1, -0.05) is 78.5 Å². The molecule has 1 aliphatic rings. The highest BCUT2D eigenvalue weighted by atomic mass is 16.5. The van der Waals surface area contributed by atoms with E-state index >= 15 is 0 Å². The highest BCUT2D eigenvalue weighted by Crippen LogP contribution is 2.44. The molecule has 1 N–H and O–H groups in total. The lowest BCUT2D eigenvalue weighted by atomic mass is 9.71. The number of carbonyl (C=O) groups is 1. The predicted octanol–water partition coefficient (Wildman–Crippen LogP) is 5.93. The summed E-state index contributed by atoms with van der Waals surface area (Å²) in [5.41, 5.74) is 2.74. The van der Waals surface area contributed by atoms with Gasteiger partial charge in [-0.3, -0.25) is 4.79 Å². The molecular formula is C24H32O3. The van der Waals surface area contributed by atoms with E-state index in [1.165, 1.54) is 0 Å². The first-order valence-corrected chi connectivity index (χ1v) is 9.50. The minimum absolute atomic E-state index is 0.260. The molecule has 27 heavy (non-hydrogen) atoms. The van der Waals surface area contributed by atoms with Gasteiger partial charge in [0.2, 0.25) is 0 Å². The van der Waals surface area contributed by atoms with Crippen molar-refractivity contribution in [2.24, 2.45) is 10.8 Å². The van der Waals surface area contributed by atoms with Crippen molar-refractivity contribution >= 4 is 5.97 Å². The van der Waals surface area contributed by atoms with Crippen molar-refractivity contribution in [3.63, 3.8) is 0 Å². The largest absolute Gasteiger partial charge is 0.507 e. The van der Waals surface area contributed by atoms with Crippen LogP contribution in [0.15, 0.2) is 65.5 Å². The number of aryl methyl sites for hydroxylation is 1. The minimum Gasteiger partial charge on any atom is -0.507 e. The van der Waals surface area contributed by atoms with Gasteiger partial charge in [0.25, 0.3) is 0 Å². The first-order chi connectivity index (χ1) is 12.4. The molecule has 1 aromatic carbocycles. The Kier molecular flexibility index (Phi) is 6.04. The fourth-order valence-electron chi connectivity index (χ4n) is 3.40. The maximum Gasteiger partial charge on any atom is 0.307 e. The molecule has 2 rings (SSSR count). The van der Waals surface area contributed by atoms with Crippen LogP contribution in [0, 0.1) is 10.8 Å². The number of aliphatic hydroxyl groups excluding tert-OH is 1. The zero-order chi connectivity index (χ0) is 20.4. The molecule has 0 aliphatic heterocycles. The number of hydrogen-bond acceptors (Lipinski definition) is 3. The monoisotopic (exact) mass is 368 g/mol. The van der Waals surface area contributed by atoms with Crippen LogP contribution in [-0.2, 0) is 16.0 Å². The fraction of sp³-hybridized carbons (Fsp3) is 0.458. The summed E-state index contributed by atoms with van der Waals surface area (Å²) in [7, 11) is 0. The normalized spacial score (nSPS) is 18.4. The SMILES string of the molecule is C=C1C(C(C)(C)C)=C(O)C(C(C)(C)C)=CC1OC(=O)CCc1ccccc1. The van der Waals surface area contributed by atoms with Crippen LogP contribution in [0.3, 0.4) is 0 Å². The Morgan fingerprint density at radius 3 is 2.19 bits per heavy atom. The molecule has 3 heteroatoms. The molecule has 0 saturated carbocycles. The average Bonchev–Trinajstić information content (AvgIpc) is 2.54.